The van der Waals surface area contributed by atoms with Gasteiger partial charge >= 0.3 is 0 Å². The lowest BCUT2D eigenvalue weighted by atomic mass is 9.96. The van der Waals surface area contributed by atoms with Crippen molar-refractivity contribution in [2.45, 2.75) is 64.8 Å². The normalized spacial score (nSPS) is 15.7. The maximum Gasteiger partial charge on any atom is 0.243 e. The molecule has 0 spiro atoms. The number of likely N-dealkylation sites (N-methyl/N-ethyl adjacent to an activating group) is 1. The van der Waals surface area contributed by atoms with E-state index in [9.17, 15) is 4.79 Å². The van der Waals surface area contributed by atoms with Crippen molar-refractivity contribution in [1.29, 1.82) is 0 Å². The number of carbonyl (C=O) groups excluding carboxylic acids is 1. The van der Waals surface area contributed by atoms with Crippen molar-refractivity contribution >= 4 is 11.9 Å². The Balaban J connectivity index is 1.88. The Hall–Kier alpha value is -2.05. The number of hydrogen-bond donors (Lipinski definition) is 2. The van der Waals surface area contributed by atoms with Crippen LogP contribution in [0, 0.1) is 13.8 Å². The van der Waals surface area contributed by atoms with Crippen LogP contribution in [-0.4, -0.2) is 59.8 Å². The first-order valence-electron chi connectivity index (χ1n) is 10.1. The lowest BCUT2D eigenvalue weighted by Gasteiger charge is -2.25. The smallest absolute Gasteiger partial charge is 0.243 e. The molecule has 7 nitrogen and oxygen atoms in total. The molecule has 1 aromatic heterocycles. The minimum absolute atomic E-state index is 0.0151. The van der Waals surface area contributed by atoms with Gasteiger partial charge in [-0.2, -0.15) is 5.10 Å². The summed E-state index contributed by atoms with van der Waals surface area (Å²) in [4.78, 5) is 18.0. The van der Waals surface area contributed by atoms with Gasteiger partial charge < -0.3 is 15.5 Å². The fraction of sp³-hybridized carbons (Fsp3) is 0.750. The number of rotatable bonds is 7. The van der Waals surface area contributed by atoms with E-state index in [0.717, 1.165) is 31.0 Å². The average molecular weight is 377 g/mol. The van der Waals surface area contributed by atoms with Gasteiger partial charge in [-0.05, 0) is 45.1 Å². The van der Waals surface area contributed by atoms with Crippen LogP contribution < -0.4 is 10.6 Å². The highest BCUT2D eigenvalue weighted by molar-refractivity contribution is 5.84. The second-order valence-corrected chi connectivity index (χ2v) is 7.74. The minimum Gasteiger partial charge on any atom is -0.356 e. The molecule has 1 amide bonds. The fourth-order valence-electron chi connectivity index (χ4n) is 3.53. The highest BCUT2D eigenvalue weighted by atomic mass is 16.2. The van der Waals surface area contributed by atoms with Gasteiger partial charge in [-0.1, -0.05) is 19.3 Å². The maximum absolute atomic E-state index is 11.9. The summed E-state index contributed by atoms with van der Waals surface area (Å²) in [5.74, 6) is 0.776. The van der Waals surface area contributed by atoms with Crippen LogP contribution >= 0.6 is 0 Å². The summed E-state index contributed by atoms with van der Waals surface area (Å²) in [5, 5.41) is 11.4. The van der Waals surface area contributed by atoms with Gasteiger partial charge in [-0.3, -0.25) is 9.48 Å². The summed E-state index contributed by atoms with van der Waals surface area (Å²) in [7, 11) is 5.51. The van der Waals surface area contributed by atoms with Crippen LogP contribution in [0.3, 0.4) is 0 Å². The Kier molecular flexibility index (Phi) is 8.13. The van der Waals surface area contributed by atoms with E-state index in [1.807, 2.05) is 11.7 Å². The van der Waals surface area contributed by atoms with Gasteiger partial charge in [0.05, 0.1) is 5.69 Å². The molecule has 1 saturated carbocycles. The molecule has 2 rings (SSSR count). The monoisotopic (exact) mass is 376 g/mol. The molecule has 1 fully saturated rings. The SMILES string of the molecule is Cc1nn(C)c(C)c1CCCNC(=NCC(=O)N(C)C)NC1CCCCC1. The number of amides is 1. The van der Waals surface area contributed by atoms with Gasteiger partial charge in [-0.15, -0.1) is 0 Å². The van der Waals surface area contributed by atoms with E-state index in [1.165, 1.54) is 43.4 Å². The van der Waals surface area contributed by atoms with Gasteiger partial charge in [0.15, 0.2) is 5.96 Å². The third-order valence-corrected chi connectivity index (χ3v) is 5.37. The number of carbonyl (C=O) groups is 1. The lowest BCUT2D eigenvalue weighted by molar-refractivity contribution is -0.127. The molecule has 1 heterocycles. The summed E-state index contributed by atoms with van der Waals surface area (Å²) in [5.41, 5.74) is 3.68. The third kappa shape index (κ3) is 6.56. The van der Waals surface area contributed by atoms with E-state index in [4.69, 9.17) is 0 Å². The Morgan fingerprint density at radius 2 is 1.96 bits per heavy atom. The van der Waals surface area contributed by atoms with E-state index < -0.39 is 0 Å². The number of nitrogens with zero attached hydrogens (tertiary/aromatic N) is 4. The zero-order chi connectivity index (χ0) is 19.8. The zero-order valence-corrected chi connectivity index (χ0v) is 17.6. The molecule has 1 aliphatic carbocycles. The first kappa shape index (κ1) is 21.3. The van der Waals surface area contributed by atoms with Crippen molar-refractivity contribution in [3.8, 4) is 0 Å². The number of guanidine groups is 1. The van der Waals surface area contributed by atoms with E-state index in [-0.39, 0.29) is 12.5 Å². The molecule has 0 radical (unpaired) electrons. The molecule has 1 aromatic rings. The highest BCUT2D eigenvalue weighted by Gasteiger charge is 2.15. The van der Waals surface area contributed by atoms with E-state index in [1.54, 1.807) is 19.0 Å². The second kappa shape index (κ2) is 10.3. The van der Waals surface area contributed by atoms with Crippen LogP contribution in [0.4, 0.5) is 0 Å². The molecule has 0 aliphatic heterocycles. The summed E-state index contributed by atoms with van der Waals surface area (Å²) in [6.07, 6.45) is 8.20. The first-order valence-corrected chi connectivity index (χ1v) is 10.1. The molecule has 2 N–H and O–H groups in total. The van der Waals surface area contributed by atoms with Gasteiger partial charge in [0.1, 0.15) is 6.54 Å². The average Bonchev–Trinajstić information content (AvgIpc) is 2.89. The summed E-state index contributed by atoms with van der Waals surface area (Å²) < 4.78 is 1.95. The molecule has 1 aliphatic rings. The topological polar surface area (TPSA) is 74.5 Å². The lowest BCUT2D eigenvalue weighted by Crippen LogP contribution is -2.45. The predicted molar refractivity (Wildman–Crippen MR) is 110 cm³/mol. The van der Waals surface area contributed by atoms with Crippen molar-refractivity contribution in [1.82, 2.24) is 25.3 Å². The van der Waals surface area contributed by atoms with E-state index in [0.29, 0.717) is 6.04 Å². The van der Waals surface area contributed by atoms with Crippen LogP contribution in [0.15, 0.2) is 4.99 Å². The molecule has 7 heteroatoms. The van der Waals surface area contributed by atoms with Gasteiger partial charge in [0.2, 0.25) is 5.91 Å². The molecular weight excluding hydrogens is 340 g/mol. The van der Waals surface area contributed by atoms with Crippen LogP contribution in [0.5, 0.6) is 0 Å². The van der Waals surface area contributed by atoms with Crippen LogP contribution in [0.25, 0.3) is 0 Å². The molecule has 152 valence electrons. The number of aromatic nitrogens is 2. The summed E-state index contributed by atoms with van der Waals surface area (Å²) in [6.45, 7) is 5.19. The quantitative estimate of drug-likeness (QED) is 0.433. The second-order valence-electron chi connectivity index (χ2n) is 7.74. The van der Waals surface area contributed by atoms with Crippen molar-refractivity contribution < 1.29 is 4.79 Å². The molecule has 0 atom stereocenters. The third-order valence-electron chi connectivity index (χ3n) is 5.37. The molecular formula is C20H36N6O. The maximum atomic E-state index is 11.9. The predicted octanol–water partition coefficient (Wildman–Crippen LogP) is 1.93. The van der Waals surface area contributed by atoms with E-state index in [2.05, 4.69) is 34.6 Å². The van der Waals surface area contributed by atoms with Crippen LogP contribution in [-0.2, 0) is 18.3 Å². The first-order chi connectivity index (χ1) is 12.9. The van der Waals surface area contributed by atoms with Crippen LogP contribution in [0.1, 0.15) is 55.5 Å². The van der Waals surface area contributed by atoms with Crippen molar-refractivity contribution in [3.63, 3.8) is 0 Å². The van der Waals surface area contributed by atoms with Crippen molar-refractivity contribution in [2.75, 3.05) is 27.2 Å². The molecule has 0 bridgehead atoms. The molecule has 0 aromatic carbocycles. The van der Waals surface area contributed by atoms with Crippen molar-refractivity contribution in [2.24, 2.45) is 12.0 Å². The van der Waals surface area contributed by atoms with E-state index >= 15 is 0 Å². The molecule has 0 unspecified atom stereocenters. The zero-order valence-electron chi connectivity index (χ0n) is 17.6. The van der Waals surface area contributed by atoms with Gasteiger partial charge in [0.25, 0.3) is 0 Å². The Morgan fingerprint density at radius 1 is 1.26 bits per heavy atom. The Labute approximate surface area is 163 Å². The fourth-order valence-corrected chi connectivity index (χ4v) is 3.53. The number of aryl methyl sites for hydroxylation is 2. The van der Waals surface area contributed by atoms with Crippen molar-refractivity contribution in [3.05, 3.63) is 17.0 Å². The number of nitrogens with one attached hydrogen (secondary N) is 2. The summed E-state index contributed by atoms with van der Waals surface area (Å²) in [6, 6.07) is 0.460. The molecule has 0 saturated heterocycles. The summed E-state index contributed by atoms with van der Waals surface area (Å²) >= 11 is 0. The highest BCUT2D eigenvalue weighted by Crippen LogP contribution is 2.17. The Bertz CT molecular complexity index is 643. The number of hydrogen-bond acceptors (Lipinski definition) is 3. The van der Waals surface area contributed by atoms with Gasteiger partial charge in [0, 0.05) is 39.4 Å². The standard InChI is InChI=1S/C20H36N6O/c1-15-18(16(2)26(5)24-15)12-9-13-21-20(22-14-19(27)25(3)4)23-17-10-7-6-8-11-17/h17H,6-14H2,1-5H3,(H2,21,22,23). The van der Waals surface area contributed by atoms with Gasteiger partial charge in [-0.25, -0.2) is 4.99 Å². The van der Waals surface area contributed by atoms with Crippen LogP contribution in [0.2, 0.25) is 0 Å². The largest absolute Gasteiger partial charge is 0.356 e. The Morgan fingerprint density at radius 3 is 2.56 bits per heavy atom. The minimum atomic E-state index is 0.0151. The molecule has 27 heavy (non-hydrogen) atoms. The number of aliphatic imine (C=N–C) groups is 1.